The molecule has 0 radical (unpaired) electrons. The molecule has 14 heavy (non-hydrogen) atoms. The van der Waals surface area contributed by atoms with Crippen LogP contribution >= 0.6 is 0 Å². The maximum absolute atomic E-state index is 12.2. The van der Waals surface area contributed by atoms with Crippen LogP contribution in [0.4, 0.5) is 8.78 Å². The van der Waals surface area contributed by atoms with Gasteiger partial charge in [0, 0.05) is 0 Å². The SMILES string of the molecule is FC[SeH].O=S(=O)(O)c1ccc(F)cc1. The maximum atomic E-state index is 12.2. The first-order valence-electron chi connectivity index (χ1n) is 3.31. The molecule has 0 bridgehead atoms. The molecule has 0 unspecified atom stereocenters. The monoisotopic (exact) mass is 290 g/mol. The van der Waals surface area contributed by atoms with Crippen molar-refractivity contribution in [2.75, 3.05) is 5.57 Å². The van der Waals surface area contributed by atoms with E-state index in [2.05, 4.69) is 0 Å². The van der Waals surface area contributed by atoms with E-state index in [1.165, 1.54) is 0 Å². The summed E-state index contributed by atoms with van der Waals surface area (Å²) in [6.45, 7) is 0. The molecule has 0 heterocycles. The quantitative estimate of drug-likeness (QED) is 0.617. The normalized spacial score (nSPS) is 10.3. The average molecular weight is 289 g/mol. The van der Waals surface area contributed by atoms with Crippen molar-refractivity contribution in [1.82, 2.24) is 0 Å². The van der Waals surface area contributed by atoms with E-state index in [-0.39, 0.29) is 10.5 Å². The van der Waals surface area contributed by atoms with Crippen molar-refractivity contribution in [1.29, 1.82) is 0 Å². The second-order valence-corrected chi connectivity index (χ2v) is 3.97. The number of hydrogen-bond donors (Lipinski definition) is 1. The van der Waals surface area contributed by atoms with Gasteiger partial charge in [-0.25, -0.2) is 4.39 Å². The first-order valence-corrected chi connectivity index (χ1v) is 6.08. The Morgan fingerprint density at radius 2 is 1.64 bits per heavy atom. The molecular weight excluding hydrogens is 281 g/mol. The molecule has 0 saturated heterocycles. The molecule has 1 N–H and O–H groups in total. The summed E-state index contributed by atoms with van der Waals surface area (Å²) < 4.78 is 51.6. The van der Waals surface area contributed by atoms with Gasteiger partial charge in [-0.05, 0) is 24.3 Å². The number of rotatable bonds is 1. The third-order valence-electron chi connectivity index (χ3n) is 1.11. The zero-order chi connectivity index (χ0) is 11.2. The summed E-state index contributed by atoms with van der Waals surface area (Å²) in [5, 5.41) is 0. The summed E-state index contributed by atoms with van der Waals surface area (Å²) in [5.41, 5.74) is -0.312. The minimum absolute atomic E-state index is 0.307. The van der Waals surface area contributed by atoms with E-state index in [0.717, 1.165) is 24.3 Å². The van der Waals surface area contributed by atoms with Crippen molar-refractivity contribution < 1.29 is 21.8 Å². The molecule has 0 saturated carbocycles. The largest absolute Gasteiger partial charge is 0.294 e. The number of benzene rings is 1. The van der Waals surface area contributed by atoms with Crippen LogP contribution in [0.25, 0.3) is 0 Å². The summed E-state index contributed by atoms with van der Waals surface area (Å²) in [6, 6.07) is 3.90. The molecule has 1 aromatic carbocycles. The van der Waals surface area contributed by atoms with Gasteiger partial charge in [0.15, 0.2) is 0 Å². The van der Waals surface area contributed by atoms with Crippen LogP contribution < -0.4 is 0 Å². The number of alkyl halides is 1. The van der Waals surface area contributed by atoms with Crippen LogP contribution in [0.1, 0.15) is 0 Å². The van der Waals surface area contributed by atoms with Crippen molar-refractivity contribution in [2.24, 2.45) is 0 Å². The van der Waals surface area contributed by atoms with Gasteiger partial charge in [0.05, 0.1) is 4.90 Å². The molecule has 1 aromatic rings. The average Bonchev–Trinajstić information content (AvgIpc) is 2.04. The molecule has 0 spiro atoms. The van der Waals surface area contributed by atoms with Crippen molar-refractivity contribution in [3.8, 4) is 0 Å². The molecule has 0 aromatic heterocycles. The molecule has 7 heteroatoms. The molecule has 0 amide bonds. The molecule has 0 aliphatic heterocycles. The zero-order valence-corrected chi connectivity index (χ0v) is 9.58. The van der Waals surface area contributed by atoms with Crippen LogP contribution in [-0.4, -0.2) is 34.6 Å². The molecule has 80 valence electrons. The molecule has 1 rings (SSSR count). The van der Waals surface area contributed by atoms with Crippen LogP contribution in [0.2, 0.25) is 0 Å². The minimum atomic E-state index is -4.19. The fourth-order valence-electron chi connectivity index (χ4n) is 0.607. The fraction of sp³-hybridized carbons (Fsp3) is 0.143. The Kier molecular flexibility index (Phi) is 5.87. The Hall–Kier alpha value is -0.491. The summed E-state index contributed by atoms with van der Waals surface area (Å²) in [7, 11) is -4.19. The third-order valence-corrected chi connectivity index (χ3v) is 1.98. The third kappa shape index (κ3) is 5.28. The molecular formula is C7H8F2O3SSe. The Morgan fingerprint density at radius 1 is 1.29 bits per heavy atom. The van der Waals surface area contributed by atoms with Gasteiger partial charge in [-0.3, -0.25) is 4.55 Å². The van der Waals surface area contributed by atoms with E-state index in [4.69, 9.17) is 4.55 Å². The van der Waals surface area contributed by atoms with E-state index in [9.17, 15) is 17.2 Å². The summed E-state index contributed by atoms with van der Waals surface area (Å²) in [6.07, 6.45) is 0. The minimum Gasteiger partial charge on any atom is -0.282 e. The van der Waals surface area contributed by atoms with Crippen LogP contribution in [0.3, 0.4) is 0 Å². The van der Waals surface area contributed by atoms with Crippen LogP contribution in [0, 0.1) is 5.82 Å². The van der Waals surface area contributed by atoms with E-state index in [1.807, 2.05) is 0 Å². The molecule has 3 nitrogen and oxygen atoms in total. The van der Waals surface area contributed by atoms with E-state index in [0.29, 0.717) is 0 Å². The number of halogens is 2. The second-order valence-electron chi connectivity index (χ2n) is 2.05. The molecule has 0 aliphatic carbocycles. The van der Waals surface area contributed by atoms with Gasteiger partial charge in [-0.2, -0.15) is 8.42 Å². The van der Waals surface area contributed by atoms with E-state index < -0.39 is 15.9 Å². The Labute approximate surface area is 88.7 Å². The van der Waals surface area contributed by atoms with Crippen molar-refractivity contribution in [2.45, 2.75) is 4.90 Å². The van der Waals surface area contributed by atoms with Gasteiger partial charge >= 0.3 is 26.0 Å². The van der Waals surface area contributed by atoms with Crippen molar-refractivity contribution >= 4 is 26.1 Å². The van der Waals surface area contributed by atoms with Crippen LogP contribution in [0.15, 0.2) is 29.2 Å². The zero-order valence-electron chi connectivity index (χ0n) is 6.89. The number of hydrogen-bond acceptors (Lipinski definition) is 2. The predicted molar refractivity (Wildman–Crippen MR) is 49.3 cm³/mol. The fourth-order valence-corrected chi connectivity index (χ4v) is 1.09. The van der Waals surface area contributed by atoms with Gasteiger partial charge in [-0.1, -0.05) is 0 Å². The van der Waals surface area contributed by atoms with Crippen LogP contribution in [0.5, 0.6) is 0 Å². The van der Waals surface area contributed by atoms with Gasteiger partial charge in [0.2, 0.25) is 0 Å². The van der Waals surface area contributed by atoms with Gasteiger partial charge in [-0.15, -0.1) is 0 Å². The smallest absolute Gasteiger partial charge is 0.282 e. The standard InChI is InChI=1S/C6H5FO3S.CH3FSe/c7-5-1-3-6(4-2-5)11(8,9)10;2-1-3/h1-4H,(H,8,9,10);3H,1H2. The Morgan fingerprint density at radius 3 is 1.93 bits per heavy atom. The van der Waals surface area contributed by atoms with Gasteiger partial charge in [0.25, 0.3) is 10.1 Å². The molecule has 0 aliphatic rings. The summed E-state index contributed by atoms with van der Waals surface area (Å²) in [4.78, 5) is -0.307. The van der Waals surface area contributed by atoms with Crippen LogP contribution in [-0.2, 0) is 10.1 Å². The first kappa shape index (κ1) is 13.5. The first-order chi connectivity index (χ1) is 6.41. The van der Waals surface area contributed by atoms with Gasteiger partial charge in [0.1, 0.15) is 5.82 Å². The van der Waals surface area contributed by atoms with Gasteiger partial charge < -0.3 is 0 Å². The predicted octanol–water partition coefficient (Wildman–Crippen LogP) is 0.887. The van der Waals surface area contributed by atoms with E-state index in [1.54, 1.807) is 16.0 Å². The maximum Gasteiger partial charge on any atom is 0.294 e. The summed E-state index contributed by atoms with van der Waals surface area (Å²) in [5.74, 6) is -0.544. The molecule has 0 atom stereocenters. The Bertz CT molecular complexity index is 363. The Balaban J connectivity index is 0.000000500. The van der Waals surface area contributed by atoms with E-state index >= 15 is 0 Å². The topological polar surface area (TPSA) is 54.4 Å². The van der Waals surface area contributed by atoms with Crippen molar-refractivity contribution in [3.05, 3.63) is 30.1 Å². The molecule has 0 fully saturated rings. The summed E-state index contributed by atoms with van der Waals surface area (Å²) >= 11 is 1.80. The van der Waals surface area contributed by atoms with Crippen molar-refractivity contribution in [3.63, 3.8) is 0 Å². The second kappa shape index (κ2) is 6.08.